The number of H-pyrrole nitrogens is 1. The molecule has 8 heteroatoms. The third-order valence-electron chi connectivity index (χ3n) is 7.00. The number of hydrogen-bond donors (Lipinski definition) is 2. The van der Waals surface area contributed by atoms with Crippen LogP contribution in [-0.2, 0) is 4.79 Å². The Kier molecular flexibility index (Phi) is 5.90. The number of Topliss-reactive ketones (excluding diaryl/α,β-unsaturated/α-hetero) is 1. The molecule has 5 rings (SSSR count). The van der Waals surface area contributed by atoms with E-state index in [2.05, 4.69) is 29.4 Å². The van der Waals surface area contributed by atoms with E-state index in [0.29, 0.717) is 29.5 Å². The highest BCUT2D eigenvalue weighted by Crippen LogP contribution is 2.53. The topological polar surface area (TPSA) is 94.7 Å². The Hall–Kier alpha value is -3.94. The van der Waals surface area contributed by atoms with Crippen molar-refractivity contribution in [3.05, 3.63) is 58.8 Å². The third-order valence-corrected chi connectivity index (χ3v) is 7.00. The zero-order chi connectivity index (χ0) is 25.6. The van der Waals surface area contributed by atoms with Gasteiger partial charge in [0.2, 0.25) is 0 Å². The molecule has 0 radical (unpaired) electrons. The van der Waals surface area contributed by atoms with E-state index in [0.717, 1.165) is 45.8 Å². The molecule has 1 aliphatic heterocycles. The number of ketones is 1. The minimum Gasteiger partial charge on any atom is -0.497 e. The van der Waals surface area contributed by atoms with Crippen molar-refractivity contribution in [2.75, 3.05) is 33.8 Å². The Bertz CT molecular complexity index is 1350. The van der Waals surface area contributed by atoms with Gasteiger partial charge in [0, 0.05) is 46.4 Å². The summed E-state index contributed by atoms with van der Waals surface area (Å²) in [5, 5.41) is 11.3. The molecule has 0 bridgehead atoms. The van der Waals surface area contributed by atoms with Gasteiger partial charge in [-0.3, -0.25) is 9.89 Å². The summed E-state index contributed by atoms with van der Waals surface area (Å²) in [5.41, 5.74) is 4.95. The lowest BCUT2D eigenvalue weighted by molar-refractivity contribution is -0.118. The molecule has 0 saturated carbocycles. The van der Waals surface area contributed by atoms with Crippen LogP contribution in [-0.4, -0.2) is 44.4 Å². The molecule has 1 aliphatic carbocycles. The number of aromatic amines is 1. The largest absolute Gasteiger partial charge is 0.497 e. The van der Waals surface area contributed by atoms with Crippen molar-refractivity contribution in [2.45, 2.75) is 32.6 Å². The van der Waals surface area contributed by atoms with Gasteiger partial charge >= 0.3 is 0 Å². The van der Waals surface area contributed by atoms with Crippen LogP contribution in [0, 0.1) is 5.41 Å². The predicted molar refractivity (Wildman–Crippen MR) is 137 cm³/mol. The minimum atomic E-state index is -0.412. The van der Waals surface area contributed by atoms with E-state index in [1.54, 1.807) is 34.5 Å². The number of anilines is 1. The van der Waals surface area contributed by atoms with Gasteiger partial charge in [-0.2, -0.15) is 5.10 Å². The van der Waals surface area contributed by atoms with Crippen LogP contribution in [0.5, 0.6) is 23.0 Å². The number of carbonyl (C=O) groups excluding carboxylic acids is 1. The minimum absolute atomic E-state index is 0.114. The van der Waals surface area contributed by atoms with Gasteiger partial charge < -0.3 is 24.3 Å². The number of benzene rings is 2. The molecule has 188 valence electrons. The lowest BCUT2D eigenvalue weighted by atomic mass is 9.68. The predicted octanol–water partition coefficient (Wildman–Crippen LogP) is 5.31. The molecular weight excluding hydrogens is 458 g/mol. The number of nitrogens with one attached hydrogen (secondary N) is 2. The van der Waals surface area contributed by atoms with E-state index >= 15 is 0 Å². The summed E-state index contributed by atoms with van der Waals surface area (Å²) < 4.78 is 22.3. The summed E-state index contributed by atoms with van der Waals surface area (Å²) in [6, 6.07) is 11.5. The number of methoxy groups -OCH3 is 4. The smallest absolute Gasteiger partial charge is 0.164 e. The fraction of sp³-hybridized carbons (Fsp3) is 0.357. The van der Waals surface area contributed by atoms with Crippen molar-refractivity contribution >= 4 is 11.6 Å². The van der Waals surface area contributed by atoms with Gasteiger partial charge in [-0.25, -0.2) is 0 Å². The monoisotopic (exact) mass is 489 g/mol. The maximum atomic E-state index is 13.7. The molecule has 3 aromatic rings. The van der Waals surface area contributed by atoms with Crippen molar-refractivity contribution < 1.29 is 23.7 Å². The molecular formula is C28H31N3O5. The summed E-state index contributed by atoms with van der Waals surface area (Å²) in [6.45, 7) is 4.23. The van der Waals surface area contributed by atoms with Crippen LogP contribution < -0.4 is 24.3 Å². The molecule has 0 saturated heterocycles. The Morgan fingerprint density at radius 3 is 2.19 bits per heavy atom. The first-order chi connectivity index (χ1) is 17.3. The number of aromatic nitrogens is 2. The fourth-order valence-electron chi connectivity index (χ4n) is 5.36. The van der Waals surface area contributed by atoms with Crippen molar-refractivity contribution in [3.8, 4) is 34.3 Å². The highest BCUT2D eigenvalue weighted by Gasteiger charge is 2.44. The van der Waals surface area contributed by atoms with Crippen molar-refractivity contribution in [1.29, 1.82) is 0 Å². The maximum Gasteiger partial charge on any atom is 0.164 e. The molecule has 0 fully saturated rings. The number of allylic oxidation sites excluding steroid dienone is 2. The van der Waals surface area contributed by atoms with E-state index in [-0.39, 0.29) is 11.2 Å². The molecule has 2 N–H and O–H groups in total. The molecule has 2 heterocycles. The highest BCUT2D eigenvalue weighted by molar-refractivity contribution is 6.02. The molecule has 8 nitrogen and oxygen atoms in total. The summed E-state index contributed by atoms with van der Waals surface area (Å²) >= 11 is 0. The lowest BCUT2D eigenvalue weighted by Gasteiger charge is -2.38. The van der Waals surface area contributed by atoms with Gasteiger partial charge in [-0.05, 0) is 42.2 Å². The second-order valence-electron chi connectivity index (χ2n) is 9.93. The second kappa shape index (κ2) is 8.93. The first-order valence-corrected chi connectivity index (χ1v) is 11.9. The van der Waals surface area contributed by atoms with Crippen LogP contribution >= 0.6 is 0 Å². The Morgan fingerprint density at radius 2 is 1.56 bits per heavy atom. The number of hydrogen-bond acceptors (Lipinski definition) is 7. The van der Waals surface area contributed by atoms with Gasteiger partial charge in [0.15, 0.2) is 23.1 Å². The first-order valence-electron chi connectivity index (χ1n) is 11.9. The SMILES string of the molecule is COc1ccc(-c2[nH]nc3c2[C@@H](c2cc(OC)c(OC)cc2OC)C2=C(CC(C)(C)CC2=O)N3)cc1. The molecule has 0 amide bonds. The quantitative estimate of drug-likeness (QED) is 0.484. The number of ether oxygens (including phenoxy) is 4. The molecule has 0 spiro atoms. The van der Waals surface area contributed by atoms with E-state index < -0.39 is 5.92 Å². The summed E-state index contributed by atoms with van der Waals surface area (Å²) in [4.78, 5) is 13.7. The van der Waals surface area contributed by atoms with Gasteiger partial charge in [0.05, 0.1) is 34.1 Å². The zero-order valence-corrected chi connectivity index (χ0v) is 21.4. The molecule has 36 heavy (non-hydrogen) atoms. The molecule has 1 atom stereocenters. The van der Waals surface area contributed by atoms with Crippen LogP contribution in [0.4, 0.5) is 5.82 Å². The number of nitrogens with zero attached hydrogens (tertiary/aromatic N) is 1. The van der Waals surface area contributed by atoms with Gasteiger partial charge in [0.1, 0.15) is 11.5 Å². The Balaban J connectivity index is 1.78. The molecule has 1 aromatic heterocycles. The van der Waals surface area contributed by atoms with Crippen molar-refractivity contribution in [2.24, 2.45) is 5.41 Å². The van der Waals surface area contributed by atoms with Crippen molar-refractivity contribution in [3.63, 3.8) is 0 Å². The summed E-state index contributed by atoms with van der Waals surface area (Å²) in [6.07, 6.45) is 1.20. The summed E-state index contributed by atoms with van der Waals surface area (Å²) in [7, 11) is 6.44. The van der Waals surface area contributed by atoms with E-state index in [1.807, 2.05) is 30.3 Å². The molecule has 2 aliphatic rings. The third kappa shape index (κ3) is 3.86. The van der Waals surface area contributed by atoms with E-state index in [1.165, 1.54) is 0 Å². The van der Waals surface area contributed by atoms with Crippen LogP contribution in [0.2, 0.25) is 0 Å². The zero-order valence-electron chi connectivity index (χ0n) is 21.4. The number of fused-ring (bicyclic) bond motifs is 1. The van der Waals surface area contributed by atoms with Crippen LogP contribution in [0.1, 0.15) is 43.7 Å². The Labute approximate surface area is 210 Å². The standard InChI is InChI=1S/C28H31N3O5/c1-28(2)13-18-24(19(32)14-28)23(17-11-21(35-5)22(36-6)12-20(17)34-4)25-26(30-31-27(25)29-18)15-7-9-16(33-3)10-8-15/h7-12,23H,13-14H2,1-6H3,(H2,29,30,31)/t23-/m0/s1. The van der Waals surface area contributed by atoms with Crippen LogP contribution in [0.3, 0.4) is 0 Å². The first kappa shape index (κ1) is 23.8. The maximum absolute atomic E-state index is 13.7. The van der Waals surface area contributed by atoms with Crippen LogP contribution in [0.25, 0.3) is 11.3 Å². The van der Waals surface area contributed by atoms with Gasteiger partial charge in [0.25, 0.3) is 0 Å². The summed E-state index contributed by atoms with van der Waals surface area (Å²) in [5.74, 6) is 2.89. The Morgan fingerprint density at radius 1 is 0.889 bits per heavy atom. The lowest BCUT2D eigenvalue weighted by Crippen LogP contribution is -2.33. The number of carbonyl (C=O) groups is 1. The van der Waals surface area contributed by atoms with E-state index in [9.17, 15) is 4.79 Å². The average Bonchev–Trinajstić information content (AvgIpc) is 3.29. The highest BCUT2D eigenvalue weighted by atomic mass is 16.5. The second-order valence-corrected chi connectivity index (χ2v) is 9.93. The van der Waals surface area contributed by atoms with Crippen LogP contribution in [0.15, 0.2) is 47.7 Å². The van der Waals surface area contributed by atoms with Crippen molar-refractivity contribution in [1.82, 2.24) is 10.2 Å². The fourth-order valence-corrected chi connectivity index (χ4v) is 5.36. The number of rotatable bonds is 6. The van der Waals surface area contributed by atoms with Gasteiger partial charge in [-0.15, -0.1) is 0 Å². The van der Waals surface area contributed by atoms with E-state index in [4.69, 9.17) is 18.9 Å². The molecule has 2 aromatic carbocycles. The molecule has 0 unspecified atom stereocenters. The average molecular weight is 490 g/mol. The van der Waals surface area contributed by atoms with Gasteiger partial charge in [-0.1, -0.05) is 13.8 Å². The normalized spacial score (nSPS) is 18.2.